The molecule has 0 radical (unpaired) electrons. The van der Waals surface area contributed by atoms with Crippen LogP contribution in [0.15, 0.2) is 65.9 Å². The predicted octanol–water partition coefficient (Wildman–Crippen LogP) is 3.50. The molecule has 3 rings (SSSR count). The van der Waals surface area contributed by atoms with Gasteiger partial charge in [-0.2, -0.15) is 0 Å². The molecule has 5 nitrogen and oxygen atoms in total. The fourth-order valence-corrected chi connectivity index (χ4v) is 3.17. The standard InChI is InChI=1S/C21H23NO4/c1-3-17-18(15-9-11-16(24-2)12-10-15)20(22)26-19(17)21(23)25-13-14-7-5-4-6-8-14/h4-12,18,20H,3,13,22H2,1-2H3/t18-,20-/m0/s1. The molecule has 1 aliphatic rings. The van der Waals surface area contributed by atoms with Gasteiger partial charge in [0.05, 0.1) is 13.0 Å². The van der Waals surface area contributed by atoms with E-state index < -0.39 is 12.2 Å². The third-order valence-electron chi connectivity index (χ3n) is 4.50. The topological polar surface area (TPSA) is 70.8 Å². The van der Waals surface area contributed by atoms with Crippen LogP contribution in [-0.2, 0) is 20.9 Å². The molecule has 0 bridgehead atoms. The second-order valence-electron chi connectivity index (χ2n) is 6.10. The molecule has 0 amide bonds. The molecule has 5 heteroatoms. The molecule has 0 aliphatic carbocycles. The van der Waals surface area contributed by atoms with Crippen molar-refractivity contribution in [1.29, 1.82) is 0 Å². The number of rotatable bonds is 6. The molecule has 2 N–H and O–H groups in total. The van der Waals surface area contributed by atoms with E-state index in [4.69, 9.17) is 19.9 Å². The second kappa shape index (κ2) is 8.06. The van der Waals surface area contributed by atoms with Gasteiger partial charge in [0.2, 0.25) is 5.76 Å². The number of hydrogen-bond donors (Lipinski definition) is 1. The number of carbonyl (C=O) groups excluding carboxylic acids is 1. The van der Waals surface area contributed by atoms with Crippen LogP contribution in [0.4, 0.5) is 0 Å². The molecule has 1 heterocycles. The second-order valence-corrected chi connectivity index (χ2v) is 6.10. The zero-order valence-electron chi connectivity index (χ0n) is 15.0. The minimum Gasteiger partial charge on any atom is -0.497 e. The van der Waals surface area contributed by atoms with Crippen molar-refractivity contribution in [3.05, 3.63) is 77.1 Å². The quantitative estimate of drug-likeness (QED) is 0.805. The van der Waals surface area contributed by atoms with Gasteiger partial charge < -0.3 is 14.2 Å². The average molecular weight is 353 g/mol. The van der Waals surface area contributed by atoms with Gasteiger partial charge in [0, 0.05) is 0 Å². The van der Waals surface area contributed by atoms with Crippen molar-refractivity contribution in [2.75, 3.05) is 7.11 Å². The third kappa shape index (κ3) is 3.73. The van der Waals surface area contributed by atoms with E-state index in [9.17, 15) is 4.79 Å². The molecule has 0 spiro atoms. The largest absolute Gasteiger partial charge is 0.497 e. The maximum absolute atomic E-state index is 12.5. The Kier molecular flexibility index (Phi) is 5.58. The van der Waals surface area contributed by atoms with Crippen LogP contribution in [0.3, 0.4) is 0 Å². The zero-order valence-corrected chi connectivity index (χ0v) is 15.0. The van der Waals surface area contributed by atoms with Crippen LogP contribution in [0.5, 0.6) is 5.75 Å². The number of methoxy groups -OCH3 is 1. The van der Waals surface area contributed by atoms with Gasteiger partial charge in [-0.3, -0.25) is 5.73 Å². The SMILES string of the molecule is CCC1=C(C(=O)OCc2ccccc2)O[C@H](N)[C@H]1c1ccc(OC)cc1. The summed E-state index contributed by atoms with van der Waals surface area (Å²) in [5.41, 5.74) is 8.95. The van der Waals surface area contributed by atoms with Crippen molar-refractivity contribution in [2.24, 2.45) is 5.73 Å². The summed E-state index contributed by atoms with van der Waals surface area (Å²) >= 11 is 0. The number of esters is 1. The van der Waals surface area contributed by atoms with E-state index in [1.807, 2.05) is 61.5 Å². The van der Waals surface area contributed by atoms with E-state index in [2.05, 4.69) is 0 Å². The molecule has 0 saturated carbocycles. The molecule has 2 aromatic carbocycles. The number of carbonyl (C=O) groups is 1. The normalized spacial score (nSPS) is 19.2. The lowest BCUT2D eigenvalue weighted by Gasteiger charge is -2.17. The summed E-state index contributed by atoms with van der Waals surface area (Å²) < 4.78 is 16.3. The Morgan fingerprint density at radius 3 is 2.42 bits per heavy atom. The van der Waals surface area contributed by atoms with Crippen LogP contribution in [0, 0.1) is 0 Å². The summed E-state index contributed by atoms with van der Waals surface area (Å²) in [6, 6.07) is 17.2. The average Bonchev–Trinajstić information content (AvgIpc) is 3.03. The van der Waals surface area contributed by atoms with E-state index in [0.29, 0.717) is 6.42 Å². The van der Waals surface area contributed by atoms with Crippen molar-refractivity contribution in [1.82, 2.24) is 0 Å². The number of ether oxygens (including phenoxy) is 3. The summed E-state index contributed by atoms with van der Waals surface area (Å²) in [5, 5.41) is 0. The summed E-state index contributed by atoms with van der Waals surface area (Å²) in [4.78, 5) is 12.5. The molecule has 0 unspecified atom stereocenters. The molecule has 136 valence electrons. The van der Waals surface area contributed by atoms with Gasteiger partial charge in [0.15, 0.2) is 6.23 Å². The first-order valence-electron chi connectivity index (χ1n) is 8.64. The maximum Gasteiger partial charge on any atom is 0.373 e. The summed E-state index contributed by atoms with van der Waals surface area (Å²) in [6.07, 6.45) is 0.0396. The monoisotopic (exact) mass is 353 g/mol. The Balaban J connectivity index is 1.79. The van der Waals surface area contributed by atoms with E-state index in [1.165, 1.54) is 0 Å². The Bertz CT molecular complexity index is 783. The Morgan fingerprint density at radius 1 is 1.12 bits per heavy atom. The first-order chi connectivity index (χ1) is 12.6. The minimum atomic E-state index is -0.613. The van der Waals surface area contributed by atoms with Crippen LogP contribution in [0.25, 0.3) is 0 Å². The minimum absolute atomic E-state index is 0.176. The molecule has 0 fully saturated rings. The molecule has 0 aromatic heterocycles. The van der Waals surface area contributed by atoms with E-state index in [0.717, 1.165) is 22.4 Å². The van der Waals surface area contributed by atoms with Gasteiger partial charge in [-0.05, 0) is 35.3 Å². The predicted molar refractivity (Wildman–Crippen MR) is 98.4 cm³/mol. The Morgan fingerprint density at radius 2 is 1.81 bits per heavy atom. The van der Waals surface area contributed by atoms with Gasteiger partial charge in [0.1, 0.15) is 12.4 Å². The number of hydrogen-bond acceptors (Lipinski definition) is 5. The molecule has 2 aromatic rings. The van der Waals surface area contributed by atoms with Gasteiger partial charge in [-0.25, -0.2) is 4.79 Å². The van der Waals surface area contributed by atoms with Crippen LogP contribution in [0.2, 0.25) is 0 Å². The first kappa shape index (κ1) is 18.0. The highest BCUT2D eigenvalue weighted by Crippen LogP contribution is 2.39. The molecule has 26 heavy (non-hydrogen) atoms. The van der Waals surface area contributed by atoms with Crippen molar-refractivity contribution in [3.8, 4) is 5.75 Å². The van der Waals surface area contributed by atoms with Crippen LogP contribution in [-0.4, -0.2) is 19.3 Å². The fraction of sp³-hybridized carbons (Fsp3) is 0.286. The van der Waals surface area contributed by atoms with Gasteiger partial charge in [-0.1, -0.05) is 49.4 Å². The van der Waals surface area contributed by atoms with E-state index in [1.54, 1.807) is 7.11 Å². The molecule has 0 saturated heterocycles. The van der Waals surface area contributed by atoms with Crippen LogP contribution >= 0.6 is 0 Å². The molecular weight excluding hydrogens is 330 g/mol. The van der Waals surface area contributed by atoms with Crippen LogP contribution in [0.1, 0.15) is 30.4 Å². The molecule has 1 aliphatic heterocycles. The van der Waals surface area contributed by atoms with E-state index in [-0.39, 0.29) is 18.3 Å². The third-order valence-corrected chi connectivity index (χ3v) is 4.50. The van der Waals surface area contributed by atoms with Crippen LogP contribution < -0.4 is 10.5 Å². The Hall–Kier alpha value is -2.79. The van der Waals surface area contributed by atoms with E-state index >= 15 is 0 Å². The van der Waals surface area contributed by atoms with Crippen molar-refractivity contribution in [3.63, 3.8) is 0 Å². The molecular formula is C21H23NO4. The van der Waals surface area contributed by atoms with Gasteiger partial charge in [0.25, 0.3) is 0 Å². The lowest BCUT2D eigenvalue weighted by Crippen LogP contribution is -2.27. The number of nitrogens with two attached hydrogens (primary N) is 1. The summed E-state index contributed by atoms with van der Waals surface area (Å²) in [6.45, 7) is 2.18. The highest BCUT2D eigenvalue weighted by molar-refractivity contribution is 5.88. The number of benzene rings is 2. The lowest BCUT2D eigenvalue weighted by atomic mass is 9.89. The highest BCUT2D eigenvalue weighted by Gasteiger charge is 2.38. The first-order valence-corrected chi connectivity index (χ1v) is 8.64. The van der Waals surface area contributed by atoms with Gasteiger partial charge in [-0.15, -0.1) is 0 Å². The summed E-state index contributed by atoms with van der Waals surface area (Å²) in [7, 11) is 1.62. The van der Waals surface area contributed by atoms with Crippen molar-refractivity contribution in [2.45, 2.75) is 32.1 Å². The van der Waals surface area contributed by atoms with Gasteiger partial charge >= 0.3 is 5.97 Å². The smallest absolute Gasteiger partial charge is 0.373 e. The van der Waals surface area contributed by atoms with Crippen molar-refractivity contribution >= 4 is 5.97 Å². The van der Waals surface area contributed by atoms with Crippen molar-refractivity contribution < 1.29 is 19.0 Å². The molecule has 2 atom stereocenters. The Labute approximate surface area is 153 Å². The fourth-order valence-electron chi connectivity index (χ4n) is 3.17. The maximum atomic E-state index is 12.5. The zero-order chi connectivity index (χ0) is 18.5. The summed E-state index contributed by atoms with van der Waals surface area (Å²) in [5.74, 6) is 0.352. The highest BCUT2D eigenvalue weighted by atomic mass is 16.6. The lowest BCUT2D eigenvalue weighted by molar-refractivity contribution is -0.144.